The van der Waals surface area contributed by atoms with E-state index < -0.39 is 0 Å². The SMILES string of the molecule is O=C(Cc1ccsc1)N1CC[C@@H](Oc2nccs2)C1. The molecule has 0 N–H and O–H groups in total. The van der Waals surface area contributed by atoms with Gasteiger partial charge in [-0.2, -0.15) is 11.3 Å². The highest BCUT2D eigenvalue weighted by molar-refractivity contribution is 7.11. The Morgan fingerprint density at radius 1 is 1.53 bits per heavy atom. The first kappa shape index (κ1) is 12.6. The Balaban J connectivity index is 1.52. The summed E-state index contributed by atoms with van der Waals surface area (Å²) in [6, 6.07) is 2.00. The molecule has 1 fully saturated rings. The molecule has 1 aliphatic rings. The van der Waals surface area contributed by atoms with E-state index in [2.05, 4.69) is 4.98 Å². The molecule has 0 bridgehead atoms. The number of thiophene rings is 1. The Labute approximate surface area is 119 Å². The van der Waals surface area contributed by atoms with E-state index in [1.165, 1.54) is 11.3 Å². The third kappa shape index (κ3) is 3.13. The van der Waals surface area contributed by atoms with Gasteiger partial charge in [0.2, 0.25) is 5.91 Å². The van der Waals surface area contributed by atoms with Crippen molar-refractivity contribution in [3.05, 3.63) is 34.0 Å². The van der Waals surface area contributed by atoms with Crippen molar-refractivity contribution >= 4 is 28.6 Å². The maximum atomic E-state index is 12.1. The van der Waals surface area contributed by atoms with E-state index in [1.807, 2.05) is 27.1 Å². The van der Waals surface area contributed by atoms with Crippen LogP contribution in [-0.2, 0) is 11.2 Å². The molecule has 2 aromatic rings. The minimum Gasteiger partial charge on any atom is -0.465 e. The number of thiazole rings is 1. The number of carbonyl (C=O) groups excluding carboxylic acids is 1. The van der Waals surface area contributed by atoms with Crippen molar-refractivity contribution in [2.24, 2.45) is 0 Å². The monoisotopic (exact) mass is 294 g/mol. The van der Waals surface area contributed by atoms with E-state index in [4.69, 9.17) is 4.74 Å². The van der Waals surface area contributed by atoms with Gasteiger partial charge in [0, 0.05) is 24.5 Å². The van der Waals surface area contributed by atoms with Crippen molar-refractivity contribution in [3.8, 4) is 5.19 Å². The average Bonchev–Trinajstić information content (AvgIpc) is 3.10. The van der Waals surface area contributed by atoms with Gasteiger partial charge >= 0.3 is 0 Å². The molecule has 1 amide bonds. The van der Waals surface area contributed by atoms with Crippen molar-refractivity contribution in [3.63, 3.8) is 0 Å². The third-order valence-electron chi connectivity index (χ3n) is 3.11. The molecule has 1 aliphatic heterocycles. The number of carbonyl (C=O) groups is 1. The minimum absolute atomic E-state index is 0.0811. The number of amides is 1. The van der Waals surface area contributed by atoms with Gasteiger partial charge in [0.1, 0.15) is 6.10 Å². The number of ether oxygens (including phenoxy) is 1. The smallest absolute Gasteiger partial charge is 0.273 e. The van der Waals surface area contributed by atoms with Crippen LogP contribution in [-0.4, -0.2) is 35.0 Å². The second-order valence-corrected chi connectivity index (χ2v) is 6.11. The van der Waals surface area contributed by atoms with Gasteiger partial charge in [-0.1, -0.05) is 11.3 Å². The van der Waals surface area contributed by atoms with Crippen molar-refractivity contribution in [1.82, 2.24) is 9.88 Å². The lowest BCUT2D eigenvalue weighted by Gasteiger charge is -2.16. The first-order valence-electron chi connectivity index (χ1n) is 6.16. The molecule has 100 valence electrons. The maximum absolute atomic E-state index is 12.1. The zero-order valence-electron chi connectivity index (χ0n) is 10.3. The van der Waals surface area contributed by atoms with Crippen LogP contribution in [0.1, 0.15) is 12.0 Å². The number of nitrogens with zero attached hydrogens (tertiary/aromatic N) is 2. The normalized spacial score (nSPS) is 18.7. The number of rotatable bonds is 4. The van der Waals surface area contributed by atoms with Gasteiger partial charge in [0.05, 0.1) is 13.0 Å². The van der Waals surface area contributed by atoms with Gasteiger partial charge in [-0.3, -0.25) is 4.79 Å². The summed E-state index contributed by atoms with van der Waals surface area (Å²) in [5.74, 6) is 0.184. The molecule has 0 saturated carbocycles. The zero-order valence-corrected chi connectivity index (χ0v) is 12.0. The van der Waals surface area contributed by atoms with Gasteiger partial charge < -0.3 is 9.64 Å². The molecule has 0 unspecified atom stereocenters. The lowest BCUT2D eigenvalue weighted by molar-refractivity contribution is -0.129. The summed E-state index contributed by atoms with van der Waals surface area (Å²) >= 11 is 3.11. The highest BCUT2D eigenvalue weighted by Crippen LogP contribution is 2.21. The standard InChI is InChI=1S/C13H14N2O2S2/c16-12(7-10-2-5-18-9-10)15-4-1-11(8-15)17-13-14-3-6-19-13/h2-3,5-6,9,11H,1,4,7-8H2/t11-/m1/s1. The van der Waals surface area contributed by atoms with Crippen LogP contribution in [0.25, 0.3) is 0 Å². The van der Waals surface area contributed by atoms with Gasteiger partial charge in [0.25, 0.3) is 5.19 Å². The molecular weight excluding hydrogens is 280 g/mol. The van der Waals surface area contributed by atoms with E-state index in [0.29, 0.717) is 18.2 Å². The van der Waals surface area contributed by atoms with Gasteiger partial charge in [-0.25, -0.2) is 4.98 Å². The van der Waals surface area contributed by atoms with Crippen LogP contribution < -0.4 is 4.74 Å². The Bertz CT molecular complexity index is 525. The summed E-state index contributed by atoms with van der Waals surface area (Å²) in [6.45, 7) is 1.45. The molecule has 3 heterocycles. The molecule has 19 heavy (non-hydrogen) atoms. The maximum Gasteiger partial charge on any atom is 0.273 e. The largest absolute Gasteiger partial charge is 0.465 e. The quantitative estimate of drug-likeness (QED) is 0.870. The second-order valence-electron chi connectivity index (χ2n) is 4.47. The van der Waals surface area contributed by atoms with Crippen LogP contribution >= 0.6 is 22.7 Å². The summed E-state index contributed by atoms with van der Waals surface area (Å²) in [4.78, 5) is 18.1. The van der Waals surface area contributed by atoms with Crippen molar-refractivity contribution < 1.29 is 9.53 Å². The van der Waals surface area contributed by atoms with Crippen molar-refractivity contribution in [1.29, 1.82) is 0 Å². The predicted octanol–water partition coefficient (Wildman–Crippen LogP) is 2.43. The van der Waals surface area contributed by atoms with E-state index in [-0.39, 0.29) is 12.0 Å². The van der Waals surface area contributed by atoms with E-state index in [9.17, 15) is 4.79 Å². The molecule has 0 aromatic carbocycles. The number of aromatic nitrogens is 1. The van der Waals surface area contributed by atoms with Gasteiger partial charge in [-0.05, 0) is 22.4 Å². The molecule has 0 aliphatic carbocycles. The first-order valence-corrected chi connectivity index (χ1v) is 7.98. The van der Waals surface area contributed by atoms with Crippen LogP contribution in [0.3, 0.4) is 0 Å². The molecule has 4 nitrogen and oxygen atoms in total. The van der Waals surface area contributed by atoms with Gasteiger partial charge in [-0.15, -0.1) is 0 Å². The fraction of sp³-hybridized carbons (Fsp3) is 0.385. The van der Waals surface area contributed by atoms with Crippen LogP contribution in [0.15, 0.2) is 28.4 Å². The van der Waals surface area contributed by atoms with Crippen molar-refractivity contribution in [2.45, 2.75) is 18.9 Å². The van der Waals surface area contributed by atoms with E-state index in [1.54, 1.807) is 17.5 Å². The van der Waals surface area contributed by atoms with Crippen LogP contribution in [0.5, 0.6) is 5.19 Å². The molecule has 1 saturated heterocycles. The zero-order chi connectivity index (χ0) is 13.1. The fourth-order valence-electron chi connectivity index (χ4n) is 2.14. The number of hydrogen-bond acceptors (Lipinski definition) is 5. The summed E-state index contributed by atoms with van der Waals surface area (Å²) in [5, 5.41) is 6.61. The predicted molar refractivity (Wildman–Crippen MR) is 75.8 cm³/mol. The molecule has 3 rings (SSSR count). The average molecular weight is 294 g/mol. The summed E-state index contributed by atoms with van der Waals surface area (Å²) in [7, 11) is 0. The highest BCUT2D eigenvalue weighted by atomic mass is 32.1. The summed E-state index contributed by atoms with van der Waals surface area (Å²) in [5.41, 5.74) is 1.10. The molecule has 1 atom stereocenters. The van der Waals surface area contributed by atoms with Crippen LogP contribution in [0, 0.1) is 0 Å². The number of hydrogen-bond donors (Lipinski definition) is 0. The molecule has 2 aromatic heterocycles. The minimum atomic E-state index is 0.0811. The molecular formula is C13H14N2O2S2. The summed E-state index contributed by atoms with van der Waals surface area (Å²) in [6.07, 6.45) is 3.19. The Hall–Kier alpha value is -1.40. The second kappa shape index (κ2) is 5.71. The molecule has 0 radical (unpaired) electrons. The third-order valence-corrected chi connectivity index (χ3v) is 4.50. The molecule has 0 spiro atoms. The summed E-state index contributed by atoms with van der Waals surface area (Å²) < 4.78 is 5.75. The Kier molecular flexibility index (Phi) is 3.79. The van der Waals surface area contributed by atoms with Crippen LogP contribution in [0.4, 0.5) is 0 Å². The topological polar surface area (TPSA) is 42.4 Å². The van der Waals surface area contributed by atoms with E-state index in [0.717, 1.165) is 18.5 Å². The Morgan fingerprint density at radius 3 is 3.21 bits per heavy atom. The highest BCUT2D eigenvalue weighted by Gasteiger charge is 2.27. The fourth-order valence-corrected chi connectivity index (χ4v) is 3.36. The number of likely N-dealkylation sites (tertiary alicyclic amines) is 1. The lowest BCUT2D eigenvalue weighted by Crippen LogP contribution is -2.32. The Morgan fingerprint density at radius 2 is 2.47 bits per heavy atom. The van der Waals surface area contributed by atoms with Crippen LogP contribution in [0.2, 0.25) is 0 Å². The molecule has 6 heteroatoms. The van der Waals surface area contributed by atoms with Gasteiger partial charge in [0.15, 0.2) is 0 Å². The van der Waals surface area contributed by atoms with Crippen molar-refractivity contribution in [2.75, 3.05) is 13.1 Å². The van der Waals surface area contributed by atoms with E-state index >= 15 is 0 Å². The lowest BCUT2D eigenvalue weighted by atomic mass is 10.2. The first-order chi connectivity index (χ1) is 9.31.